The van der Waals surface area contributed by atoms with Gasteiger partial charge < -0.3 is 5.73 Å². The van der Waals surface area contributed by atoms with E-state index < -0.39 is 24.5 Å². The molecule has 0 amide bonds. The maximum atomic E-state index is 13.6. The molecule has 1 rings (SSSR count). The molecule has 1 aromatic carbocycles. The first-order chi connectivity index (χ1) is 7.81. The van der Waals surface area contributed by atoms with Gasteiger partial charge in [-0.2, -0.15) is 13.2 Å². The van der Waals surface area contributed by atoms with Crippen molar-refractivity contribution in [2.45, 2.75) is 38.4 Å². The summed E-state index contributed by atoms with van der Waals surface area (Å²) in [7, 11) is 0. The number of benzene rings is 1. The van der Waals surface area contributed by atoms with Gasteiger partial charge in [-0.1, -0.05) is 18.2 Å². The summed E-state index contributed by atoms with van der Waals surface area (Å²) in [6.07, 6.45) is -5.02. The molecule has 2 N–H and O–H groups in total. The third-order valence-corrected chi connectivity index (χ3v) is 2.60. The van der Waals surface area contributed by atoms with Gasteiger partial charge in [-0.25, -0.2) is 4.39 Å². The van der Waals surface area contributed by atoms with Crippen LogP contribution in [0.5, 0.6) is 0 Å². The highest BCUT2D eigenvalue weighted by Gasteiger charge is 2.26. The molecule has 5 heteroatoms. The van der Waals surface area contributed by atoms with E-state index in [-0.39, 0.29) is 18.4 Å². The number of nitrogens with two attached hydrogens (primary N) is 1. The van der Waals surface area contributed by atoms with Gasteiger partial charge in [0.1, 0.15) is 5.82 Å². The summed E-state index contributed by atoms with van der Waals surface area (Å²) in [5, 5.41) is 0. The molecule has 0 spiro atoms. The van der Waals surface area contributed by atoms with Crippen LogP contribution in [-0.4, -0.2) is 6.18 Å². The molecule has 0 saturated carbocycles. The number of alkyl halides is 3. The SMILES string of the molecule is Cc1cccc(C(N)CCCC(F)(F)F)c1F. The Kier molecular flexibility index (Phi) is 4.51. The molecule has 1 atom stereocenters. The first-order valence-electron chi connectivity index (χ1n) is 5.38. The first kappa shape index (κ1) is 14.0. The van der Waals surface area contributed by atoms with Crippen molar-refractivity contribution in [1.29, 1.82) is 0 Å². The van der Waals surface area contributed by atoms with Crippen molar-refractivity contribution in [2.24, 2.45) is 5.73 Å². The highest BCUT2D eigenvalue weighted by molar-refractivity contribution is 5.27. The topological polar surface area (TPSA) is 26.0 Å². The average Bonchev–Trinajstić information content (AvgIpc) is 2.20. The molecule has 17 heavy (non-hydrogen) atoms. The minimum Gasteiger partial charge on any atom is -0.324 e. The molecule has 0 heterocycles. The predicted molar refractivity (Wildman–Crippen MR) is 58.0 cm³/mol. The van der Waals surface area contributed by atoms with E-state index >= 15 is 0 Å². The summed E-state index contributed by atoms with van der Waals surface area (Å²) in [6.45, 7) is 1.60. The monoisotopic (exact) mass is 249 g/mol. The Bertz CT molecular complexity index is 373. The van der Waals surface area contributed by atoms with Crippen LogP contribution in [0.3, 0.4) is 0 Å². The van der Waals surface area contributed by atoms with Gasteiger partial charge in [0.25, 0.3) is 0 Å². The summed E-state index contributed by atoms with van der Waals surface area (Å²) in [6, 6.07) is 4.08. The van der Waals surface area contributed by atoms with E-state index in [1.165, 1.54) is 6.07 Å². The maximum Gasteiger partial charge on any atom is 0.389 e. The van der Waals surface area contributed by atoms with Crippen molar-refractivity contribution in [2.75, 3.05) is 0 Å². The molecule has 0 saturated heterocycles. The van der Waals surface area contributed by atoms with Gasteiger partial charge in [-0.3, -0.25) is 0 Å². The van der Waals surface area contributed by atoms with Crippen molar-refractivity contribution in [3.8, 4) is 0 Å². The molecular weight excluding hydrogens is 234 g/mol. The largest absolute Gasteiger partial charge is 0.389 e. The Balaban J connectivity index is 2.58. The fourth-order valence-corrected chi connectivity index (χ4v) is 1.63. The van der Waals surface area contributed by atoms with Crippen LogP contribution in [0.15, 0.2) is 18.2 Å². The lowest BCUT2D eigenvalue weighted by Crippen LogP contribution is -2.14. The summed E-state index contributed by atoms with van der Waals surface area (Å²) in [5.41, 5.74) is 6.42. The predicted octanol–water partition coefficient (Wildman–Crippen LogP) is 3.87. The second-order valence-electron chi connectivity index (χ2n) is 4.09. The normalized spacial score (nSPS) is 13.8. The van der Waals surface area contributed by atoms with Crippen LogP contribution in [0.4, 0.5) is 17.6 Å². The van der Waals surface area contributed by atoms with Crippen LogP contribution in [0.25, 0.3) is 0 Å². The fraction of sp³-hybridized carbons (Fsp3) is 0.500. The molecule has 0 aliphatic rings. The maximum absolute atomic E-state index is 13.6. The van der Waals surface area contributed by atoms with Crippen LogP contribution in [-0.2, 0) is 0 Å². The summed E-state index contributed by atoms with van der Waals surface area (Å²) < 4.78 is 49.4. The van der Waals surface area contributed by atoms with Gasteiger partial charge in [0, 0.05) is 18.0 Å². The van der Waals surface area contributed by atoms with Gasteiger partial charge in [-0.15, -0.1) is 0 Å². The van der Waals surface area contributed by atoms with E-state index in [1.807, 2.05) is 0 Å². The van der Waals surface area contributed by atoms with Crippen molar-refractivity contribution in [3.63, 3.8) is 0 Å². The standard InChI is InChI=1S/C12H15F4N/c1-8-4-2-5-9(11(8)13)10(17)6-3-7-12(14,15)16/h2,4-5,10H,3,6-7,17H2,1H3. The Hall–Kier alpha value is -1.10. The zero-order chi connectivity index (χ0) is 13.1. The Morgan fingerprint density at radius 1 is 1.29 bits per heavy atom. The molecule has 1 unspecified atom stereocenters. The lowest BCUT2D eigenvalue weighted by Gasteiger charge is -2.14. The minimum absolute atomic E-state index is 0.0853. The van der Waals surface area contributed by atoms with Crippen molar-refractivity contribution >= 4 is 0 Å². The number of hydrogen-bond donors (Lipinski definition) is 1. The summed E-state index contributed by atoms with van der Waals surface area (Å²) in [4.78, 5) is 0. The van der Waals surface area contributed by atoms with Crippen molar-refractivity contribution in [1.82, 2.24) is 0 Å². The summed E-state index contributed by atoms with van der Waals surface area (Å²) >= 11 is 0. The van der Waals surface area contributed by atoms with Crippen LogP contribution in [0.1, 0.15) is 36.4 Å². The second-order valence-corrected chi connectivity index (χ2v) is 4.09. The van der Waals surface area contributed by atoms with Crippen LogP contribution in [0.2, 0.25) is 0 Å². The highest BCUT2D eigenvalue weighted by Crippen LogP contribution is 2.26. The zero-order valence-electron chi connectivity index (χ0n) is 9.52. The van der Waals surface area contributed by atoms with E-state index in [0.29, 0.717) is 5.56 Å². The van der Waals surface area contributed by atoms with E-state index in [2.05, 4.69) is 0 Å². The Morgan fingerprint density at radius 2 is 1.94 bits per heavy atom. The average molecular weight is 249 g/mol. The third-order valence-electron chi connectivity index (χ3n) is 2.60. The number of halogens is 4. The summed E-state index contributed by atoms with van der Waals surface area (Å²) in [5.74, 6) is -0.424. The zero-order valence-corrected chi connectivity index (χ0v) is 9.52. The smallest absolute Gasteiger partial charge is 0.324 e. The number of hydrogen-bond acceptors (Lipinski definition) is 1. The van der Waals surface area contributed by atoms with Crippen molar-refractivity contribution < 1.29 is 17.6 Å². The molecule has 0 bridgehead atoms. The van der Waals surface area contributed by atoms with E-state index in [4.69, 9.17) is 5.73 Å². The second kappa shape index (κ2) is 5.49. The van der Waals surface area contributed by atoms with Gasteiger partial charge in [0.2, 0.25) is 0 Å². The van der Waals surface area contributed by atoms with E-state index in [9.17, 15) is 17.6 Å². The fourth-order valence-electron chi connectivity index (χ4n) is 1.63. The molecule has 0 aliphatic carbocycles. The Labute approximate surface area is 97.6 Å². The quantitative estimate of drug-likeness (QED) is 0.805. The number of aryl methyl sites for hydroxylation is 1. The third kappa shape index (κ3) is 4.34. The lowest BCUT2D eigenvalue weighted by atomic mass is 9.99. The van der Waals surface area contributed by atoms with Gasteiger partial charge in [0.15, 0.2) is 0 Å². The molecule has 96 valence electrons. The van der Waals surface area contributed by atoms with Gasteiger partial charge in [-0.05, 0) is 25.3 Å². The van der Waals surface area contributed by atoms with E-state index in [0.717, 1.165) is 0 Å². The van der Waals surface area contributed by atoms with Gasteiger partial charge >= 0.3 is 6.18 Å². The molecular formula is C12H15F4N. The van der Waals surface area contributed by atoms with E-state index in [1.54, 1.807) is 19.1 Å². The van der Waals surface area contributed by atoms with Crippen LogP contribution >= 0.6 is 0 Å². The molecule has 0 aliphatic heterocycles. The molecule has 0 aromatic heterocycles. The van der Waals surface area contributed by atoms with Crippen LogP contribution in [0, 0.1) is 12.7 Å². The number of rotatable bonds is 4. The Morgan fingerprint density at radius 3 is 2.53 bits per heavy atom. The molecule has 0 fully saturated rings. The lowest BCUT2D eigenvalue weighted by molar-refractivity contribution is -0.135. The molecule has 1 nitrogen and oxygen atoms in total. The highest BCUT2D eigenvalue weighted by atomic mass is 19.4. The van der Waals surface area contributed by atoms with Crippen LogP contribution < -0.4 is 5.73 Å². The molecule has 1 aromatic rings. The molecule has 0 radical (unpaired) electrons. The minimum atomic E-state index is -4.18. The first-order valence-corrected chi connectivity index (χ1v) is 5.38. The van der Waals surface area contributed by atoms with Crippen molar-refractivity contribution in [3.05, 3.63) is 35.1 Å². The van der Waals surface area contributed by atoms with Gasteiger partial charge in [0.05, 0.1) is 0 Å².